The van der Waals surface area contributed by atoms with Gasteiger partial charge in [0.15, 0.2) is 0 Å². The number of aromatic nitrogens is 2. The molecular formula is C22H30ClN5. The summed E-state index contributed by atoms with van der Waals surface area (Å²) in [5, 5.41) is 4.00. The number of rotatable bonds is 6. The number of aryl methyl sites for hydroxylation is 1. The summed E-state index contributed by atoms with van der Waals surface area (Å²) in [7, 11) is 2.18. The second-order valence-corrected chi connectivity index (χ2v) is 8.55. The van der Waals surface area contributed by atoms with Gasteiger partial charge in [0, 0.05) is 37.6 Å². The van der Waals surface area contributed by atoms with Crippen LogP contribution in [0.5, 0.6) is 0 Å². The molecule has 1 saturated heterocycles. The molecule has 0 spiro atoms. The fourth-order valence-corrected chi connectivity index (χ4v) is 4.41. The number of hydrogen-bond acceptors (Lipinski definition) is 5. The van der Waals surface area contributed by atoms with Crippen molar-refractivity contribution in [1.29, 1.82) is 0 Å². The Morgan fingerprint density at radius 2 is 1.79 bits per heavy atom. The number of benzene rings is 1. The zero-order valence-corrected chi connectivity index (χ0v) is 17.5. The first kappa shape index (κ1) is 19.5. The predicted molar refractivity (Wildman–Crippen MR) is 117 cm³/mol. The molecule has 2 aromatic rings. The topological polar surface area (TPSA) is 44.3 Å². The normalized spacial score (nSPS) is 18.6. The van der Waals surface area contributed by atoms with Gasteiger partial charge in [-0.3, -0.25) is 0 Å². The standard InChI is InChI=1S/C22H30ClN5/c1-27-12-14-28(15-13-27)19-9-7-18(8-10-19)25-22-24-16-20(23)21(26-22)11-6-17-4-2-3-5-17/h7-10,16-17H,2-6,11-15H2,1H3,(H,24,25,26). The first-order valence-corrected chi connectivity index (χ1v) is 10.9. The van der Waals surface area contributed by atoms with E-state index in [1.807, 2.05) is 0 Å². The lowest BCUT2D eigenvalue weighted by molar-refractivity contribution is 0.313. The average molecular weight is 400 g/mol. The smallest absolute Gasteiger partial charge is 0.227 e. The first-order valence-electron chi connectivity index (χ1n) is 10.5. The van der Waals surface area contributed by atoms with E-state index >= 15 is 0 Å². The zero-order valence-electron chi connectivity index (χ0n) is 16.7. The molecule has 28 heavy (non-hydrogen) atoms. The Morgan fingerprint density at radius 3 is 2.50 bits per heavy atom. The molecule has 5 nitrogen and oxygen atoms in total. The van der Waals surface area contributed by atoms with Crippen molar-refractivity contribution in [1.82, 2.24) is 14.9 Å². The highest BCUT2D eigenvalue weighted by Gasteiger charge is 2.17. The molecule has 6 heteroatoms. The monoisotopic (exact) mass is 399 g/mol. The fourth-order valence-electron chi connectivity index (χ4n) is 4.23. The molecule has 1 N–H and O–H groups in total. The highest BCUT2D eigenvalue weighted by Crippen LogP contribution is 2.30. The van der Waals surface area contributed by atoms with Crippen molar-refractivity contribution in [2.45, 2.75) is 38.5 Å². The maximum atomic E-state index is 6.34. The van der Waals surface area contributed by atoms with Crippen LogP contribution in [0.4, 0.5) is 17.3 Å². The molecule has 1 aliphatic carbocycles. The Hall–Kier alpha value is -1.85. The van der Waals surface area contributed by atoms with E-state index in [4.69, 9.17) is 11.6 Å². The van der Waals surface area contributed by atoms with Gasteiger partial charge in [0.1, 0.15) is 0 Å². The van der Waals surface area contributed by atoms with E-state index in [1.54, 1.807) is 6.20 Å². The van der Waals surface area contributed by atoms with Crippen LogP contribution in [0.3, 0.4) is 0 Å². The van der Waals surface area contributed by atoms with E-state index in [2.05, 4.69) is 56.4 Å². The van der Waals surface area contributed by atoms with Crippen LogP contribution < -0.4 is 10.2 Å². The number of piperazine rings is 1. The average Bonchev–Trinajstić information content (AvgIpc) is 3.23. The highest BCUT2D eigenvalue weighted by molar-refractivity contribution is 6.31. The summed E-state index contributed by atoms with van der Waals surface area (Å²) in [5.41, 5.74) is 3.23. The van der Waals surface area contributed by atoms with Gasteiger partial charge < -0.3 is 15.1 Å². The molecule has 0 atom stereocenters. The second-order valence-electron chi connectivity index (χ2n) is 8.14. The number of nitrogens with one attached hydrogen (secondary N) is 1. The fraction of sp³-hybridized carbons (Fsp3) is 0.545. The van der Waals surface area contributed by atoms with Crippen molar-refractivity contribution in [3.63, 3.8) is 0 Å². The quantitative estimate of drug-likeness (QED) is 0.759. The molecule has 2 fully saturated rings. The van der Waals surface area contributed by atoms with Crippen LogP contribution in [0.1, 0.15) is 37.8 Å². The van der Waals surface area contributed by atoms with E-state index in [-0.39, 0.29) is 0 Å². The number of likely N-dealkylation sites (N-methyl/N-ethyl adjacent to an activating group) is 1. The summed E-state index contributed by atoms with van der Waals surface area (Å²) in [4.78, 5) is 13.8. The molecule has 0 radical (unpaired) electrons. The minimum absolute atomic E-state index is 0.623. The van der Waals surface area contributed by atoms with E-state index in [0.717, 1.165) is 49.9 Å². The molecule has 1 aliphatic heterocycles. The van der Waals surface area contributed by atoms with Crippen molar-refractivity contribution in [2.75, 3.05) is 43.4 Å². The number of nitrogens with zero attached hydrogens (tertiary/aromatic N) is 4. The summed E-state index contributed by atoms with van der Waals surface area (Å²) in [6, 6.07) is 8.54. The minimum Gasteiger partial charge on any atom is -0.369 e. The number of halogens is 1. The van der Waals surface area contributed by atoms with Crippen molar-refractivity contribution in [3.05, 3.63) is 41.2 Å². The molecule has 1 aromatic carbocycles. The molecular weight excluding hydrogens is 370 g/mol. The van der Waals surface area contributed by atoms with Crippen LogP contribution in [-0.4, -0.2) is 48.1 Å². The van der Waals surface area contributed by atoms with Crippen LogP contribution >= 0.6 is 11.6 Å². The van der Waals surface area contributed by atoms with Crippen LogP contribution in [0.25, 0.3) is 0 Å². The molecule has 2 aliphatic rings. The highest BCUT2D eigenvalue weighted by atomic mass is 35.5. The zero-order chi connectivity index (χ0) is 19.3. The van der Waals surface area contributed by atoms with Crippen molar-refractivity contribution in [2.24, 2.45) is 5.92 Å². The lowest BCUT2D eigenvalue weighted by Crippen LogP contribution is -2.44. The molecule has 4 rings (SSSR count). The molecule has 150 valence electrons. The van der Waals surface area contributed by atoms with Crippen LogP contribution in [0.15, 0.2) is 30.5 Å². The van der Waals surface area contributed by atoms with Crippen LogP contribution in [0, 0.1) is 5.92 Å². The third-order valence-electron chi connectivity index (χ3n) is 6.07. The Bertz CT molecular complexity index is 765. The summed E-state index contributed by atoms with van der Waals surface area (Å²) in [6.07, 6.45) is 9.29. The van der Waals surface area contributed by atoms with E-state index < -0.39 is 0 Å². The maximum absolute atomic E-state index is 6.34. The molecule has 1 aromatic heterocycles. The SMILES string of the molecule is CN1CCN(c2ccc(Nc3ncc(Cl)c(CCC4CCCC4)n3)cc2)CC1. The van der Waals surface area contributed by atoms with E-state index in [1.165, 1.54) is 37.8 Å². The van der Waals surface area contributed by atoms with Gasteiger partial charge in [0.25, 0.3) is 0 Å². The van der Waals surface area contributed by atoms with Gasteiger partial charge in [-0.25, -0.2) is 9.97 Å². The summed E-state index contributed by atoms with van der Waals surface area (Å²) >= 11 is 6.34. The Labute approximate surface area is 173 Å². The summed E-state index contributed by atoms with van der Waals surface area (Å²) in [6.45, 7) is 4.38. The number of hydrogen-bond donors (Lipinski definition) is 1. The lowest BCUT2D eigenvalue weighted by Gasteiger charge is -2.34. The summed E-state index contributed by atoms with van der Waals surface area (Å²) < 4.78 is 0. The third-order valence-corrected chi connectivity index (χ3v) is 6.39. The first-order chi connectivity index (χ1) is 13.7. The van der Waals surface area contributed by atoms with Gasteiger partial charge in [0.2, 0.25) is 5.95 Å². The van der Waals surface area contributed by atoms with Crippen molar-refractivity contribution >= 4 is 28.9 Å². The molecule has 1 saturated carbocycles. The van der Waals surface area contributed by atoms with Crippen LogP contribution in [0.2, 0.25) is 5.02 Å². The molecule has 0 amide bonds. The molecule has 0 unspecified atom stereocenters. The van der Waals surface area contributed by atoms with Crippen molar-refractivity contribution < 1.29 is 0 Å². The Kier molecular flexibility index (Phi) is 6.33. The summed E-state index contributed by atoms with van der Waals surface area (Å²) in [5.74, 6) is 1.46. The lowest BCUT2D eigenvalue weighted by atomic mass is 10.0. The van der Waals surface area contributed by atoms with Gasteiger partial charge in [0.05, 0.1) is 16.9 Å². The minimum atomic E-state index is 0.623. The predicted octanol–water partition coefficient (Wildman–Crippen LogP) is 4.75. The number of anilines is 3. The van der Waals surface area contributed by atoms with Gasteiger partial charge in [-0.05, 0) is 50.1 Å². The van der Waals surface area contributed by atoms with Crippen molar-refractivity contribution in [3.8, 4) is 0 Å². The van der Waals surface area contributed by atoms with Gasteiger partial charge in [-0.1, -0.05) is 37.3 Å². The van der Waals surface area contributed by atoms with E-state index in [9.17, 15) is 0 Å². The van der Waals surface area contributed by atoms with Crippen LogP contribution in [-0.2, 0) is 6.42 Å². The third kappa shape index (κ3) is 4.95. The second kappa shape index (κ2) is 9.10. The Balaban J connectivity index is 1.37. The van der Waals surface area contributed by atoms with E-state index in [0.29, 0.717) is 11.0 Å². The molecule has 2 heterocycles. The maximum Gasteiger partial charge on any atom is 0.227 e. The largest absolute Gasteiger partial charge is 0.369 e. The van der Waals surface area contributed by atoms with Gasteiger partial charge >= 0.3 is 0 Å². The molecule has 0 bridgehead atoms. The van der Waals surface area contributed by atoms with Gasteiger partial charge in [-0.15, -0.1) is 0 Å². The Morgan fingerprint density at radius 1 is 1.07 bits per heavy atom. The van der Waals surface area contributed by atoms with Gasteiger partial charge in [-0.2, -0.15) is 0 Å².